The molecule has 0 aliphatic carbocycles. The van der Waals surface area contributed by atoms with Crippen molar-refractivity contribution in [3.63, 3.8) is 0 Å². The molecule has 0 bridgehead atoms. The third kappa shape index (κ3) is 6.02. The van der Waals surface area contributed by atoms with Gasteiger partial charge in [-0.15, -0.1) is 11.3 Å². The Bertz CT molecular complexity index is 1350. The number of fused-ring (bicyclic) bond motifs is 1. The van der Waals surface area contributed by atoms with Crippen molar-refractivity contribution in [2.75, 3.05) is 45.2 Å². The number of carbonyl (C=O) groups is 1. The fraction of sp³-hybridized carbons (Fsp3) is 0.345. The first-order chi connectivity index (χ1) is 18.5. The predicted octanol–water partition coefficient (Wildman–Crippen LogP) is 4.18. The Morgan fingerprint density at radius 2 is 1.82 bits per heavy atom. The summed E-state index contributed by atoms with van der Waals surface area (Å²) in [6.07, 6.45) is 0.671. The van der Waals surface area contributed by atoms with Gasteiger partial charge in [0.25, 0.3) is 5.91 Å². The van der Waals surface area contributed by atoms with E-state index in [0.29, 0.717) is 19.7 Å². The van der Waals surface area contributed by atoms with Crippen molar-refractivity contribution < 1.29 is 14.6 Å². The number of benzene rings is 2. The van der Waals surface area contributed by atoms with Crippen molar-refractivity contribution in [2.45, 2.75) is 25.6 Å². The predicted molar refractivity (Wildman–Crippen MR) is 151 cm³/mol. The van der Waals surface area contributed by atoms with Gasteiger partial charge in [-0.2, -0.15) is 0 Å². The van der Waals surface area contributed by atoms with Crippen molar-refractivity contribution in [1.82, 2.24) is 19.8 Å². The van der Waals surface area contributed by atoms with Crippen LogP contribution in [0.4, 0.5) is 5.82 Å². The molecule has 2 aromatic heterocycles. The van der Waals surface area contributed by atoms with E-state index in [9.17, 15) is 9.90 Å². The molecule has 9 heteroatoms. The van der Waals surface area contributed by atoms with Crippen molar-refractivity contribution in [3.8, 4) is 10.4 Å². The van der Waals surface area contributed by atoms with Crippen LogP contribution in [0.2, 0.25) is 0 Å². The summed E-state index contributed by atoms with van der Waals surface area (Å²) in [5, 5.41) is 13.1. The lowest BCUT2D eigenvalue weighted by molar-refractivity contribution is -0.141. The first kappa shape index (κ1) is 26.2. The van der Waals surface area contributed by atoms with Gasteiger partial charge in [-0.1, -0.05) is 54.6 Å². The number of nitrogens with one attached hydrogen (secondary N) is 1. The molecule has 8 nitrogen and oxygen atoms in total. The maximum absolute atomic E-state index is 12.0. The van der Waals surface area contributed by atoms with Crippen molar-refractivity contribution in [2.24, 2.45) is 0 Å². The lowest BCUT2D eigenvalue weighted by Gasteiger charge is -2.35. The second-order valence-corrected chi connectivity index (χ2v) is 10.6. The molecule has 1 saturated heterocycles. The summed E-state index contributed by atoms with van der Waals surface area (Å²) < 4.78 is 6.50. The fourth-order valence-electron chi connectivity index (χ4n) is 4.76. The Balaban J connectivity index is 1.27. The minimum Gasteiger partial charge on any atom is -0.384 e. The number of rotatable bonds is 9. The average Bonchev–Trinajstić information content (AvgIpc) is 3.39. The molecule has 3 heterocycles. The van der Waals surface area contributed by atoms with Crippen LogP contribution >= 0.6 is 11.3 Å². The van der Waals surface area contributed by atoms with E-state index in [1.165, 1.54) is 12.5 Å². The molecule has 4 aromatic rings. The zero-order chi connectivity index (χ0) is 26.5. The Morgan fingerprint density at radius 3 is 2.50 bits per heavy atom. The summed E-state index contributed by atoms with van der Waals surface area (Å²) in [5.74, 6) is 0.622. The van der Waals surface area contributed by atoms with Gasteiger partial charge in [0, 0.05) is 44.7 Å². The Kier molecular flexibility index (Phi) is 8.29. The average molecular weight is 532 g/mol. The molecule has 1 fully saturated rings. The minimum atomic E-state index is -0.934. The van der Waals surface area contributed by atoms with E-state index in [0.717, 1.165) is 51.7 Å². The van der Waals surface area contributed by atoms with E-state index in [4.69, 9.17) is 4.74 Å². The first-order valence-corrected chi connectivity index (χ1v) is 13.7. The largest absolute Gasteiger partial charge is 0.384 e. The highest BCUT2D eigenvalue weighted by Crippen LogP contribution is 2.36. The monoisotopic (exact) mass is 531 g/mol. The number of piperazine rings is 1. The SMILES string of the molecule is COC[C@@H](Nc1ncnc2cc(-c3ccc(CN4CCN(C(=O)C(C)O)CC4)cc3)sc12)c1ccccc1. The Morgan fingerprint density at radius 1 is 1.08 bits per heavy atom. The fourth-order valence-corrected chi connectivity index (χ4v) is 5.83. The standard InChI is InChI=1S/C29H33N5O3S/c1-20(35)29(36)34-14-12-33(13-15-34)17-21-8-10-23(11-9-21)26-16-24-27(38-26)28(31-19-30-24)32-25(18-37-2)22-6-4-3-5-7-22/h3-11,16,19-20,25,35H,12-15,17-18H2,1-2H3,(H,30,31,32)/t20?,25-/m1/s1. The topological polar surface area (TPSA) is 90.8 Å². The van der Waals surface area contributed by atoms with Gasteiger partial charge in [0.2, 0.25) is 0 Å². The minimum absolute atomic E-state index is 0.0174. The van der Waals surface area contributed by atoms with Crippen molar-refractivity contribution in [3.05, 3.63) is 78.1 Å². The zero-order valence-electron chi connectivity index (χ0n) is 21.7. The highest BCUT2D eigenvalue weighted by molar-refractivity contribution is 7.22. The van der Waals surface area contributed by atoms with Crippen LogP contribution in [0.25, 0.3) is 20.7 Å². The van der Waals surface area contributed by atoms with E-state index in [1.54, 1.807) is 29.7 Å². The van der Waals surface area contributed by atoms with Gasteiger partial charge in [0.1, 0.15) is 18.2 Å². The number of ether oxygens (including phenoxy) is 1. The van der Waals surface area contributed by atoms with Crippen molar-refractivity contribution in [1.29, 1.82) is 0 Å². The maximum atomic E-state index is 12.0. The van der Waals surface area contributed by atoms with Crippen LogP contribution in [0, 0.1) is 0 Å². The lowest BCUT2D eigenvalue weighted by Crippen LogP contribution is -2.50. The number of carbonyl (C=O) groups excluding carboxylic acids is 1. The van der Waals surface area contributed by atoms with E-state index in [-0.39, 0.29) is 11.9 Å². The van der Waals surface area contributed by atoms with Gasteiger partial charge in [-0.25, -0.2) is 9.97 Å². The van der Waals surface area contributed by atoms with Crippen LogP contribution in [0.5, 0.6) is 0 Å². The van der Waals surface area contributed by atoms with Gasteiger partial charge >= 0.3 is 0 Å². The molecule has 2 atom stereocenters. The molecule has 1 aliphatic rings. The van der Waals surface area contributed by atoms with Gasteiger partial charge in [-0.05, 0) is 29.7 Å². The summed E-state index contributed by atoms with van der Waals surface area (Å²) in [5.41, 5.74) is 4.44. The van der Waals surface area contributed by atoms with E-state index < -0.39 is 6.10 Å². The second kappa shape index (κ2) is 12.0. The van der Waals surface area contributed by atoms with Crippen LogP contribution in [0.1, 0.15) is 24.1 Å². The highest BCUT2D eigenvalue weighted by Gasteiger charge is 2.23. The number of aliphatic hydroxyl groups excluding tert-OH is 1. The third-order valence-electron chi connectivity index (χ3n) is 6.84. The molecule has 5 rings (SSSR count). The van der Waals surface area contributed by atoms with Gasteiger partial charge in [0.15, 0.2) is 0 Å². The normalized spacial score (nSPS) is 15.9. The smallest absolute Gasteiger partial charge is 0.251 e. The number of hydrogen-bond donors (Lipinski definition) is 2. The number of thiophene rings is 1. The number of methoxy groups -OCH3 is 1. The highest BCUT2D eigenvalue weighted by atomic mass is 32.1. The van der Waals surface area contributed by atoms with Crippen LogP contribution in [0.15, 0.2) is 67.0 Å². The molecule has 1 amide bonds. The summed E-state index contributed by atoms with van der Waals surface area (Å²) >= 11 is 1.68. The van der Waals surface area contributed by atoms with Gasteiger partial charge < -0.3 is 20.1 Å². The molecule has 2 aromatic carbocycles. The van der Waals surface area contributed by atoms with Gasteiger partial charge in [0.05, 0.1) is 22.9 Å². The molecule has 1 aliphatic heterocycles. The number of aromatic nitrogens is 2. The molecule has 0 saturated carbocycles. The second-order valence-electron chi connectivity index (χ2n) is 9.58. The van der Waals surface area contributed by atoms with E-state index >= 15 is 0 Å². The Hall–Kier alpha value is -3.37. The van der Waals surface area contributed by atoms with E-state index in [1.807, 2.05) is 18.2 Å². The zero-order valence-corrected chi connectivity index (χ0v) is 22.5. The molecule has 38 heavy (non-hydrogen) atoms. The van der Waals surface area contributed by atoms with Gasteiger partial charge in [-0.3, -0.25) is 9.69 Å². The number of amides is 1. The van der Waals surface area contributed by atoms with Crippen LogP contribution in [-0.2, 0) is 16.1 Å². The van der Waals surface area contributed by atoms with E-state index in [2.05, 4.69) is 62.6 Å². The molecule has 0 spiro atoms. The first-order valence-electron chi connectivity index (χ1n) is 12.9. The Labute approximate surface area is 226 Å². The molecular weight excluding hydrogens is 498 g/mol. The van der Waals surface area contributed by atoms with Crippen LogP contribution < -0.4 is 5.32 Å². The molecular formula is C29H33N5O3S. The maximum Gasteiger partial charge on any atom is 0.251 e. The molecule has 198 valence electrons. The molecule has 0 radical (unpaired) electrons. The summed E-state index contributed by atoms with van der Waals surface area (Å²) in [7, 11) is 1.71. The summed E-state index contributed by atoms with van der Waals surface area (Å²) in [6, 6.07) is 21.0. The number of aliphatic hydroxyl groups is 1. The number of anilines is 1. The lowest BCUT2D eigenvalue weighted by atomic mass is 10.1. The quantitative estimate of drug-likeness (QED) is 0.335. The molecule has 2 N–H and O–H groups in total. The summed E-state index contributed by atoms with van der Waals surface area (Å²) in [6.45, 7) is 5.80. The van der Waals surface area contributed by atoms with Crippen LogP contribution in [0.3, 0.4) is 0 Å². The molecule has 1 unspecified atom stereocenters. The number of hydrogen-bond acceptors (Lipinski definition) is 8. The van der Waals surface area contributed by atoms with Crippen LogP contribution in [-0.4, -0.2) is 76.8 Å². The van der Waals surface area contributed by atoms with Crippen molar-refractivity contribution >= 4 is 33.3 Å². The summed E-state index contributed by atoms with van der Waals surface area (Å²) in [4.78, 5) is 26.3. The third-order valence-corrected chi connectivity index (χ3v) is 8.02. The number of nitrogens with zero attached hydrogens (tertiary/aromatic N) is 4.